The molecule has 4 heteroatoms. The zero-order chi connectivity index (χ0) is 0. The van der Waals surface area contributed by atoms with E-state index in [1.54, 1.807) is 0 Å². The van der Waals surface area contributed by atoms with E-state index in [1.165, 1.54) is 0 Å². The molecule has 0 aliphatic rings. The van der Waals surface area contributed by atoms with Crippen LogP contribution in [0.1, 0.15) is 0 Å². The number of hydrogen-bond acceptors (Lipinski definition) is 0. The van der Waals surface area contributed by atoms with Gasteiger partial charge >= 0.3 is 54.6 Å². The maximum absolute atomic E-state index is 0. The second-order valence-corrected chi connectivity index (χ2v) is 0. The van der Waals surface area contributed by atoms with E-state index in [9.17, 15) is 0 Å². The maximum Gasteiger partial charge on any atom is 2.00 e. The fourth-order valence-corrected chi connectivity index (χ4v) is 0. The van der Waals surface area contributed by atoms with E-state index >= 15 is 0 Å². The van der Waals surface area contributed by atoms with Crippen LogP contribution in [-0.4, -0.2) is 0 Å². The summed E-state index contributed by atoms with van der Waals surface area (Å²) in [4.78, 5) is 0. The summed E-state index contributed by atoms with van der Waals surface area (Å²) in [5.41, 5.74) is 0. The summed E-state index contributed by atoms with van der Waals surface area (Å²) in [6.45, 7) is 0. The van der Waals surface area contributed by atoms with Crippen LogP contribution < -0.4 is 48.0 Å². The molecule has 0 nitrogen and oxygen atoms in total. The van der Waals surface area contributed by atoms with Crippen LogP contribution in [0.2, 0.25) is 0 Å². The largest absolute Gasteiger partial charge is 2.00 e. The van der Waals surface area contributed by atoms with Crippen LogP contribution in [0.3, 0.4) is 0 Å². The Hall–Kier alpha value is 3.30. The van der Waals surface area contributed by atoms with Crippen molar-refractivity contribution in [3.05, 3.63) is 0 Å². The molecule has 16 valence electrons. The van der Waals surface area contributed by atoms with Crippen molar-refractivity contribution < 1.29 is 103 Å². The van der Waals surface area contributed by atoms with Gasteiger partial charge in [-0.05, 0) is 0 Å². The minimum absolute atomic E-state index is 0. The van der Waals surface area contributed by atoms with Crippen LogP contribution in [0.4, 0.5) is 0 Å². The van der Waals surface area contributed by atoms with E-state index in [0.717, 1.165) is 0 Å². The van der Waals surface area contributed by atoms with Crippen molar-refractivity contribution in [2.75, 3.05) is 0 Å². The molecule has 0 N–H and O–H groups in total. The monoisotopic (exact) mass is 482 g/mol. The Morgan fingerprint density at radius 1 is 0.500 bits per heavy atom. The van der Waals surface area contributed by atoms with Gasteiger partial charge < -0.3 is 48.0 Å². The SMILES string of the molecule is [Cd+2].[Cd+2].[I-].[I-]. The van der Waals surface area contributed by atoms with E-state index in [0.29, 0.717) is 0 Å². The second kappa shape index (κ2) is 16.2. The Morgan fingerprint density at radius 2 is 0.500 bits per heavy atom. The first-order chi connectivity index (χ1) is 0. The Kier molecular flexibility index (Phi) is 108. The minimum atomic E-state index is 0. The van der Waals surface area contributed by atoms with Crippen molar-refractivity contribution in [2.24, 2.45) is 0 Å². The van der Waals surface area contributed by atoms with Crippen molar-refractivity contribution in [3.8, 4) is 0 Å². The molecule has 0 saturated heterocycles. The molecule has 0 radical (unpaired) electrons. The van der Waals surface area contributed by atoms with Crippen molar-refractivity contribution in [3.63, 3.8) is 0 Å². The topological polar surface area (TPSA) is 0 Å². The number of halogens is 2. The van der Waals surface area contributed by atoms with Crippen molar-refractivity contribution in [1.82, 2.24) is 0 Å². The Balaban J connectivity index is 0. The first-order valence-corrected chi connectivity index (χ1v) is 0. The van der Waals surface area contributed by atoms with Crippen LogP contribution in [0.5, 0.6) is 0 Å². The van der Waals surface area contributed by atoms with Gasteiger partial charge in [0.1, 0.15) is 0 Å². The summed E-state index contributed by atoms with van der Waals surface area (Å²) in [7, 11) is 0. The first kappa shape index (κ1) is 26.6. The third-order valence-electron chi connectivity index (χ3n) is 0. The normalized spacial score (nSPS) is 0. The van der Waals surface area contributed by atoms with Gasteiger partial charge in [-0.3, -0.25) is 0 Å². The molecule has 0 saturated carbocycles. The molecule has 4 heavy (non-hydrogen) atoms. The molecule has 0 aromatic heterocycles. The molecule has 0 aliphatic carbocycles. The van der Waals surface area contributed by atoms with Gasteiger partial charge in [-0.1, -0.05) is 0 Å². The predicted octanol–water partition coefficient (Wildman–Crippen LogP) is -6.00. The molecule has 0 aliphatic heterocycles. The van der Waals surface area contributed by atoms with Crippen molar-refractivity contribution in [2.45, 2.75) is 0 Å². The van der Waals surface area contributed by atoms with E-state index in [4.69, 9.17) is 0 Å². The van der Waals surface area contributed by atoms with Crippen LogP contribution in [0.25, 0.3) is 0 Å². The number of rotatable bonds is 0. The Labute approximate surface area is 100 Å². The molecule has 0 unspecified atom stereocenters. The summed E-state index contributed by atoms with van der Waals surface area (Å²) in [5, 5.41) is 0. The van der Waals surface area contributed by atoms with Gasteiger partial charge in [-0.15, -0.1) is 0 Å². The third-order valence-corrected chi connectivity index (χ3v) is 0. The minimum Gasteiger partial charge on any atom is -1.00 e. The third kappa shape index (κ3) is 9.00. The maximum atomic E-state index is 0. The van der Waals surface area contributed by atoms with Gasteiger partial charge in [0.05, 0.1) is 0 Å². The van der Waals surface area contributed by atoms with Crippen molar-refractivity contribution >= 4 is 0 Å². The average molecular weight is 479 g/mol. The van der Waals surface area contributed by atoms with E-state index in [2.05, 4.69) is 0 Å². The zero-order valence-corrected chi connectivity index (χ0v) is 14.6. The van der Waals surface area contributed by atoms with Gasteiger partial charge in [0, 0.05) is 0 Å². The molecule has 0 amide bonds. The second-order valence-electron chi connectivity index (χ2n) is 0. The van der Waals surface area contributed by atoms with E-state index in [1.807, 2.05) is 0 Å². The smallest absolute Gasteiger partial charge is 1.00 e. The molecule has 0 bridgehead atoms. The summed E-state index contributed by atoms with van der Waals surface area (Å²) >= 11 is 0. The van der Waals surface area contributed by atoms with Crippen LogP contribution in [0.15, 0.2) is 0 Å². The molecule has 0 heterocycles. The van der Waals surface area contributed by atoms with Gasteiger partial charge in [-0.2, -0.15) is 0 Å². The van der Waals surface area contributed by atoms with Gasteiger partial charge in [0.2, 0.25) is 0 Å². The summed E-state index contributed by atoms with van der Waals surface area (Å²) in [6.07, 6.45) is 0. The average Bonchev–Trinajstić information content (AvgIpc) is 0. The number of hydrogen-bond donors (Lipinski definition) is 0. The molecule has 0 spiro atoms. The standard InChI is InChI=1S/2Cd.2HI/h;;2*1H/q2*+2;;/p-2. The summed E-state index contributed by atoms with van der Waals surface area (Å²) < 4.78 is 0. The molecule has 0 fully saturated rings. The quantitative estimate of drug-likeness (QED) is 0.240. The summed E-state index contributed by atoms with van der Waals surface area (Å²) in [5.74, 6) is 0. The zero-order valence-electron chi connectivity index (χ0n) is 2.17. The van der Waals surface area contributed by atoms with E-state index in [-0.39, 0.29) is 103 Å². The van der Waals surface area contributed by atoms with Crippen LogP contribution in [0, 0.1) is 0 Å². The molecule has 0 aromatic rings. The van der Waals surface area contributed by atoms with Crippen LogP contribution in [-0.2, 0) is 54.6 Å². The van der Waals surface area contributed by atoms with Gasteiger partial charge in [0.25, 0.3) is 0 Å². The molecular formula is Cd2I2+2. The van der Waals surface area contributed by atoms with Crippen molar-refractivity contribution in [1.29, 1.82) is 0 Å². The first-order valence-electron chi connectivity index (χ1n) is 0. The summed E-state index contributed by atoms with van der Waals surface area (Å²) in [6, 6.07) is 0. The fourth-order valence-electron chi connectivity index (χ4n) is 0. The fraction of sp³-hybridized carbons (Fsp3) is 0. The van der Waals surface area contributed by atoms with E-state index < -0.39 is 0 Å². The van der Waals surface area contributed by atoms with Gasteiger partial charge in [-0.25, -0.2) is 0 Å². The molecule has 0 atom stereocenters. The van der Waals surface area contributed by atoms with Crippen LogP contribution >= 0.6 is 0 Å². The molecule has 0 rings (SSSR count). The Bertz CT molecular complexity index is 4.00. The molecule has 0 aromatic carbocycles. The predicted molar refractivity (Wildman–Crippen MR) is 0 cm³/mol. The molecular weight excluding hydrogens is 479 g/mol. The van der Waals surface area contributed by atoms with Gasteiger partial charge in [0.15, 0.2) is 0 Å². The Morgan fingerprint density at radius 3 is 0.500 bits per heavy atom.